The van der Waals surface area contributed by atoms with Crippen LogP contribution in [-0.2, 0) is 4.79 Å². The molecular weight excluding hydrogens is 325 g/mol. The van der Waals surface area contributed by atoms with Gasteiger partial charge < -0.3 is 0 Å². The molecule has 3 rings (SSSR count). The number of amides is 1. The van der Waals surface area contributed by atoms with Crippen molar-refractivity contribution in [1.82, 2.24) is 4.98 Å². The summed E-state index contributed by atoms with van der Waals surface area (Å²) in [6, 6.07) is 6.57. The van der Waals surface area contributed by atoms with Crippen LogP contribution in [0, 0.1) is 12.8 Å². The Kier molecular flexibility index (Phi) is 4.14. The van der Waals surface area contributed by atoms with E-state index in [2.05, 4.69) is 4.98 Å². The molecule has 2 heterocycles. The van der Waals surface area contributed by atoms with Crippen molar-refractivity contribution in [3.05, 3.63) is 46.3 Å². The molecule has 1 fully saturated rings. The van der Waals surface area contributed by atoms with Gasteiger partial charge in [0.1, 0.15) is 12.4 Å². The van der Waals surface area contributed by atoms with Gasteiger partial charge in [-0.2, -0.15) is 13.2 Å². The SMILES string of the molecule is Cc1ccsc1C1CC1C(=O)N(CC(F)(F)F)c1ccccn1. The van der Waals surface area contributed by atoms with Crippen LogP contribution in [0.15, 0.2) is 35.8 Å². The second-order valence-electron chi connectivity index (χ2n) is 5.64. The number of carbonyl (C=O) groups is 1. The van der Waals surface area contributed by atoms with Crippen molar-refractivity contribution in [1.29, 1.82) is 0 Å². The second kappa shape index (κ2) is 5.96. The van der Waals surface area contributed by atoms with E-state index in [0.717, 1.165) is 15.3 Å². The average molecular weight is 340 g/mol. The number of nitrogens with zero attached hydrogens (tertiary/aromatic N) is 2. The van der Waals surface area contributed by atoms with E-state index in [-0.39, 0.29) is 11.7 Å². The maximum atomic E-state index is 12.9. The first-order valence-electron chi connectivity index (χ1n) is 7.20. The van der Waals surface area contributed by atoms with E-state index in [1.54, 1.807) is 23.5 Å². The van der Waals surface area contributed by atoms with E-state index in [1.165, 1.54) is 12.3 Å². The predicted octanol–water partition coefficient (Wildman–Crippen LogP) is 4.15. The van der Waals surface area contributed by atoms with Gasteiger partial charge in [0, 0.05) is 22.9 Å². The number of aryl methyl sites for hydroxylation is 1. The normalized spacial score (nSPS) is 20.3. The molecule has 3 nitrogen and oxygen atoms in total. The first-order chi connectivity index (χ1) is 10.9. The minimum absolute atomic E-state index is 0.0296. The smallest absolute Gasteiger partial charge is 0.287 e. The maximum absolute atomic E-state index is 12.9. The van der Waals surface area contributed by atoms with E-state index in [1.807, 2.05) is 18.4 Å². The van der Waals surface area contributed by atoms with Gasteiger partial charge in [0.05, 0.1) is 0 Å². The summed E-state index contributed by atoms with van der Waals surface area (Å²) in [4.78, 5) is 18.4. The molecule has 0 bridgehead atoms. The molecule has 0 aliphatic heterocycles. The highest BCUT2D eigenvalue weighted by Crippen LogP contribution is 2.51. The molecule has 23 heavy (non-hydrogen) atoms. The molecule has 2 atom stereocenters. The van der Waals surface area contributed by atoms with Crippen molar-refractivity contribution >= 4 is 23.1 Å². The number of halogens is 3. The fraction of sp³-hybridized carbons (Fsp3) is 0.375. The van der Waals surface area contributed by atoms with Crippen LogP contribution < -0.4 is 4.90 Å². The lowest BCUT2D eigenvalue weighted by atomic mass is 10.2. The Morgan fingerprint density at radius 1 is 1.39 bits per heavy atom. The van der Waals surface area contributed by atoms with Crippen molar-refractivity contribution < 1.29 is 18.0 Å². The molecule has 7 heteroatoms. The lowest BCUT2D eigenvalue weighted by Crippen LogP contribution is -2.40. The van der Waals surface area contributed by atoms with Gasteiger partial charge in [-0.05, 0) is 42.5 Å². The van der Waals surface area contributed by atoms with Gasteiger partial charge in [-0.15, -0.1) is 11.3 Å². The minimum Gasteiger partial charge on any atom is -0.287 e. The summed E-state index contributed by atoms with van der Waals surface area (Å²) >= 11 is 1.55. The molecule has 2 unspecified atom stereocenters. The summed E-state index contributed by atoms with van der Waals surface area (Å²) < 4.78 is 38.6. The molecule has 0 radical (unpaired) electrons. The summed E-state index contributed by atoms with van der Waals surface area (Å²) in [7, 11) is 0. The number of rotatable bonds is 4. The van der Waals surface area contributed by atoms with Crippen LogP contribution in [0.4, 0.5) is 19.0 Å². The fourth-order valence-corrected chi connectivity index (χ4v) is 3.79. The Labute approximate surface area is 135 Å². The summed E-state index contributed by atoms with van der Waals surface area (Å²) in [6.07, 6.45) is -2.47. The van der Waals surface area contributed by atoms with Gasteiger partial charge in [-0.1, -0.05) is 6.07 Å². The lowest BCUT2D eigenvalue weighted by Gasteiger charge is -2.23. The number of alkyl halides is 3. The number of hydrogen-bond donors (Lipinski definition) is 0. The lowest BCUT2D eigenvalue weighted by molar-refractivity contribution is -0.133. The zero-order chi connectivity index (χ0) is 16.6. The zero-order valence-corrected chi connectivity index (χ0v) is 13.2. The van der Waals surface area contributed by atoms with Crippen molar-refractivity contribution in [2.75, 3.05) is 11.4 Å². The Morgan fingerprint density at radius 2 is 2.17 bits per heavy atom. The fourth-order valence-electron chi connectivity index (χ4n) is 2.69. The van der Waals surface area contributed by atoms with Crippen molar-refractivity contribution in [3.8, 4) is 0 Å². The van der Waals surface area contributed by atoms with Crippen LogP contribution in [0.3, 0.4) is 0 Å². The molecule has 0 spiro atoms. The number of aromatic nitrogens is 1. The van der Waals surface area contributed by atoms with Crippen molar-refractivity contribution in [3.63, 3.8) is 0 Å². The molecule has 0 aromatic carbocycles. The second-order valence-corrected chi connectivity index (χ2v) is 6.59. The Bertz CT molecular complexity index is 699. The number of pyridine rings is 1. The quantitative estimate of drug-likeness (QED) is 0.838. The first-order valence-corrected chi connectivity index (χ1v) is 8.08. The maximum Gasteiger partial charge on any atom is 0.406 e. The third-order valence-electron chi connectivity index (χ3n) is 3.88. The molecule has 2 aromatic rings. The zero-order valence-electron chi connectivity index (χ0n) is 12.4. The molecule has 1 aliphatic carbocycles. The van der Waals surface area contributed by atoms with Crippen LogP contribution in [0.5, 0.6) is 0 Å². The number of carbonyl (C=O) groups excluding carboxylic acids is 1. The highest BCUT2D eigenvalue weighted by atomic mass is 32.1. The number of hydrogen-bond acceptors (Lipinski definition) is 3. The largest absolute Gasteiger partial charge is 0.406 e. The van der Waals surface area contributed by atoms with Gasteiger partial charge in [0.25, 0.3) is 0 Å². The predicted molar refractivity (Wildman–Crippen MR) is 82.5 cm³/mol. The van der Waals surface area contributed by atoms with Crippen LogP contribution >= 0.6 is 11.3 Å². The molecule has 122 valence electrons. The third kappa shape index (κ3) is 3.55. The molecule has 1 amide bonds. The Morgan fingerprint density at radius 3 is 2.74 bits per heavy atom. The van der Waals surface area contributed by atoms with E-state index in [9.17, 15) is 18.0 Å². The van der Waals surface area contributed by atoms with Gasteiger partial charge in [0.2, 0.25) is 5.91 Å². The molecule has 0 N–H and O–H groups in total. The number of thiophene rings is 1. The van der Waals surface area contributed by atoms with Gasteiger partial charge in [0.15, 0.2) is 0 Å². The average Bonchev–Trinajstić information content (AvgIpc) is 3.18. The minimum atomic E-state index is -4.46. The van der Waals surface area contributed by atoms with E-state index in [0.29, 0.717) is 6.42 Å². The molecule has 0 saturated heterocycles. The molecular formula is C16H15F3N2OS. The highest BCUT2D eigenvalue weighted by Gasteiger charge is 2.49. The van der Waals surface area contributed by atoms with Crippen molar-refractivity contribution in [2.24, 2.45) is 5.92 Å². The Balaban J connectivity index is 1.81. The monoisotopic (exact) mass is 340 g/mol. The molecule has 1 saturated carbocycles. The van der Waals surface area contributed by atoms with Gasteiger partial charge in [-0.3, -0.25) is 9.69 Å². The van der Waals surface area contributed by atoms with E-state index >= 15 is 0 Å². The summed E-state index contributed by atoms with van der Waals surface area (Å²) in [6.45, 7) is 0.646. The van der Waals surface area contributed by atoms with E-state index in [4.69, 9.17) is 0 Å². The topological polar surface area (TPSA) is 33.2 Å². The highest BCUT2D eigenvalue weighted by molar-refractivity contribution is 7.10. The van der Waals surface area contributed by atoms with Crippen LogP contribution in [-0.4, -0.2) is 23.6 Å². The summed E-state index contributed by atoms with van der Waals surface area (Å²) in [5.74, 6) is -0.819. The van der Waals surface area contributed by atoms with Crippen LogP contribution in [0.2, 0.25) is 0 Å². The first kappa shape index (κ1) is 16.0. The third-order valence-corrected chi connectivity index (χ3v) is 5.03. The summed E-state index contributed by atoms with van der Waals surface area (Å²) in [5.41, 5.74) is 1.09. The Hall–Kier alpha value is -1.89. The van der Waals surface area contributed by atoms with Crippen molar-refractivity contribution in [2.45, 2.75) is 25.4 Å². The standard InChI is InChI=1S/C16H15F3N2OS/c1-10-5-7-23-14(10)11-8-12(11)15(22)21(9-16(17,18)19)13-4-2-3-6-20-13/h2-7,11-12H,8-9H2,1H3. The van der Waals surface area contributed by atoms with Crippen LogP contribution in [0.25, 0.3) is 0 Å². The summed E-state index contributed by atoms with van der Waals surface area (Å²) in [5, 5.41) is 1.94. The van der Waals surface area contributed by atoms with Crippen LogP contribution in [0.1, 0.15) is 22.8 Å². The van der Waals surface area contributed by atoms with E-state index < -0.39 is 24.5 Å². The van der Waals surface area contributed by atoms with Gasteiger partial charge >= 0.3 is 6.18 Å². The molecule has 2 aromatic heterocycles. The van der Waals surface area contributed by atoms with Gasteiger partial charge in [-0.25, -0.2) is 4.98 Å². The number of anilines is 1. The molecule has 1 aliphatic rings.